The number of aromatic nitrogens is 2. The summed E-state index contributed by atoms with van der Waals surface area (Å²) in [4.78, 5) is 44.2. The molecular formula is C18H29N5O3. The molecule has 0 radical (unpaired) electrons. The zero-order valence-electron chi connectivity index (χ0n) is 16.1. The quantitative estimate of drug-likeness (QED) is 0.813. The fourth-order valence-corrected chi connectivity index (χ4v) is 3.25. The number of rotatable bonds is 6. The molecule has 144 valence electrons. The highest BCUT2D eigenvalue weighted by Gasteiger charge is 2.35. The molecule has 1 aliphatic heterocycles. The molecule has 2 heterocycles. The monoisotopic (exact) mass is 363 g/mol. The van der Waals surface area contributed by atoms with E-state index in [4.69, 9.17) is 0 Å². The summed E-state index contributed by atoms with van der Waals surface area (Å²) >= 11 is 0. The van der Waals surface area contributed by atoms with Crippen LogP contribution in [0.15, 0.2) is 10.9 Å². The summed E-state index contributed by atoms with van der Waals surface area (Å²) in [5.74, 6) is -0.00496. The molecule has 1 aromatic rings. The maximum atomic E-state index is 12.6. The molecule has 1 aromatic heterocycles. The standard InChI is InChI=1S/C18H29N5O3/c1-5-6-7-15-16(24)21(4)10-11-23(15)17(25)19-8-9-22-14(3)12-13(2)20-18(22)26/h12,15H,5-11H2,1-4H3,(H,19,25). The SMILES string of the molecule is CCCCC1C(=O)N(C)CCN1C(=O)NCCn1c(C)cc(C)nc1=O. The first-order valence-electron chi connectivity index (χ1n) is 9.19. The van der Waals surface area contributed by atoms with Crippen LogP contribution in [0.3, 0.4) is 0 Å². The van der Waals surface area contributed by atoms with E-state index in [9.17, 15) is 14.4 Å². The molecule has 1 saturated heterocycles. The van der Waals surface area contributed by atoms with Crippen LogP contribution in [0.1, 0.15) is 37.6 Å². The van der Waals surface area contributed by atoms with E-state index in [1.54, 1.807) is 23.8 Å². The van der Waals surface area contributed by atoms with Gasteiger partial charge < -0.3 is 15.1 Å². The molecule has 2 rings (SSSR count). The van der Waals surface area contributed by atoms with Gasteiger partial charge in [0, 0.05) is 44.6 Å². The minimum Gasteiger partial charge on any atom is -0.342 e. The van der Waals surface area contributed by atoms with Crippen molar-refractivity contribution >= 4 is 11.9 Å². The molecule has 3 amide bonds. The lowest BCUT2D eigenvalue weighted by molar-refractivity contribution is -0.138. The second kappa shape index (κ2) is 8.82. The predicted octanol–water partition coefficient (Wildman–Crippen LogP) is 0.903. The van der Waals surface area contributed by atoms with Gasteiger partial charge in [0.15, 0.2) is 0 Å². The molecule has 1 N–H and O–H groups in total. The van der Waals surface area contributed by atoms with E-state index in [0.29, 0.717) is 38.3 Å². The van der Waals surface area contributed by atoms with Crippen molar-refractivity contribution in [2.45, 2.75) is 52.6 Å². The summed E-state index contributed by atoms with van der Waals surface area (Å²) in [6.45, 7) is 7.41. The molecule has 1 fully saturated rings. The van der Waals surface area contributed by atoms with Gasteiger partial charge in [-0.3, -0.25) is 9.36 Å². The number of amides is 3. The Balaban J connectivity index is 1.98. The molecule has 0 spiro atoms. The van der Waals surface area contributed by atoms with E-state index in [1.165, 1.54) is 4.57 Å². The largest absolute Gasteiger partial charge is 0.348 e. The first-order valence-corrected chi connectivity index (χ1v) is 9.19. The van der Waals surface area contributed by atoms with Gasteiger partial charge in [-0.15, -0.1) is 0 Å². The Hall–Kier alpha value is -2.38. The second-order valence-corrected chi connectivity index (χ2v) is 6.82. The average Bonchev–Trinajstić information content (AvgIpc) is 2.58. The molecule has 0 bridgehead atoms. The Kier molecular flexibility index (Phi) is 6.76. The number of carbonyl (C=O) groups excluding carboxylic acids is 2. The van der Waals surface area contributed by atoms with Crippen LogP contribution in [0.4, 0.5) is 4.79 Å². The van der Waals surface area contributed by atoms with Gasteiger partial charge in [-0.25, -0.2) is 9.59 Å². The van der Waals surface area contributed by atoms with Crippen LogP contribution in [-0.2, 0) is 11.3 Å². The lowest BCUT2D eigenvalue weighted by atomic mass is 10.0. The maximum Gasteiger partial charge on any atom is 0.348 e. The first-order chi connectivity index (χ1) is 12.3. The third-order valence-electron chi connectivity index (χ3n) is 4.76. The molecule has 1 atom stereocenters. The van der Waals surface area contributed by atoms with Crippen molar-refractivity contribution < 1.29 is 9.59 Å². The van der Waals surface area contributed by atoms with E-state index in [2.05, 4.69) is 17.2 Å². The van der Waals surface area contributed by atoms with Crippen LogP contribution >= 0.6 is 0 Å². The normalized spacial score (nSPS) is 17.5. The number of piperazine rings is 1. The Bertz CT molecular complexity index is 715. The zero-order valence-corrected chi connectivity index (χ0v) is 16.1. The Morgan fingerprint density at radius 2 is 2.04 bits per heavy atom. The van der Waals surface area contributed by atoms with E-state index in [-0.39, 0.29) is 17.6 Å². The van der Waals surface area contributed by atoms with Gasteiger partial charge in [0.1, 0.15) is 6.04 Å². The molecule has 1 unspecified atom stereocenters. The van der Waals surface area contributed by atoms with E-state index < -0.39 is 6.04 Å². The number of carbonyl (C=O) groups is 2. The van der Waals surface area contributed by atoms with Gasteiger partial charge in [-0.2, -0.15) is 4.98 Å². The Morgan fingerprint density at radius 1 is 1.31 bits per heavy atom. The van der Waals surface area contributed by atoms with Crippen molar-refractivity contribution in [3.8, 4) is 0 Å². The van der Waals surface area contributed by atoms with E-state index in [0.717, 1.165) is 18.5 Å². The van der Waals surface area contributed by atoms with Crippen LogP contribution < -0.4 is 11.0 Å². The number of aryl methyl sites for hydroxylation is 2. The molecule has 0 aromatic carbocycles. The topological polar surface area (TPSA) is 87.5 Å². The number of nitrogens with one attached hydrogen (secondary N) is 1. The van der Waals surface area contributed by atoms with Gasteiger partial charge in [-0.05, 0) is 26.3 Å². The third-order valence-corrected chi connectivity index (χ3v) is 4.76. The summed E-state index contributed by atoms with van der Waals surface area (Å²) in [5.41, 5.74) is 1.18. The summed E-state index contributed by atoms with van der Waals surface area (Å²) < 4.78 is 1.54. The highest BCUT2D eigenvalue weighted by Crippen LogP contribution is 2.16. The summed E-state index contributed by atoms with van der Waals surface area (Å²) in [5, 5.41) is 2.84. The van der Waals surface area contributed by atoms with Crippen LogP contribution in [0.2, 0.25) is 0 Å². The van der Waals surface area contributed by atoms with Crippen LogP contribution in [0.25, 0.3) is 0 Å². The molecule has 1 aliphatic rings. The van der Waals surface area contributed by atoms with E-state index >= 15 is 0 Å². The molecule has 0 aliphatic carbocycles. The predicted molar refractivity (Wildman–Crippen MR) is 99.0 cm³/mol. The Morgan fingerprint density at radius 3 is 2.69 bits per heavy atom. The fourth-order valence-electron chi connectivity index (χ4n) is 3.25. The van der Waals surface area contributed by atoms with Crippen molar-refractivity contribution in [1.82, 2.24) is 24.7 Å². The summed E-state index contributed by atoms with van der Waals surface area (Å²) in [7, 11) is 1.77. The average molecular weight is 363 g/mol. The van der Waals surface area contributed by atoms with Gasteiger partial charge >= 0.3 is 11.7 Å². The molecule has 26 heavy (non-hydrogen) atoms. The van der Waals surface area contributed by atoms with Crippen LogP contribution in [0, 0.1) is 13.8 Å². The van der Waals surface area contributed by atoms with E-state index in [1.807, 2.05) is 13.0 Å². The molecule has 0 saturated carbocycles. The van der Waals surface area contributed by atoms with Gasteiger partial charge in [-0.1, -0.05) is 19.8 Å². The smallest absolute Gasteiger partial charge is 0.342 e. The lowest BCUT2D eigenvalue weighted by Gasteiger charge is -2.39. The number of hydrogen-bond acceptors (Lipinski definition) is 4. The van der Waals surface area contributed by atoms with Crippen molar-refractivity contribution in [2.24, 2.45) is 0 Å². The highest BCUT2D eigenvalue weighted by atomic mass is 16.2. The first kappa shape index (κ1) is 19.9. The van der Waals surface area contributed by atoms with Crippen molar-refractivity contribution in [3.05, 3.63) is 27.9 Å². The Labute approximate surface area is 154 Å². The second-order valence-electron chi connectivity index (χ2n) is 6.82. The number of hydrogen-bond donors (Lipinski definition) is 1. The summed E-state index contributed by atoms with van der Waals surface area (Å²) in [6, 6.07) is 1.18. The van der Waals surface area contributed by atoms with Crippen molar-refractivity contribution in [1.29, 1.82) is 0 Å². The highest BCUT2D eigenvalue weighted by molar-refractivity contribution is 5.88. The number of urea groups is 1. The maximum absolute atomic E-state index is 12.6. The van der Waals surface area contributed by atoms with Crippen molar-refractivity contribution in [3.63, 3.8) is 0 Å². The minimum absolute atomic E-state index is 0.00496. The van der Waals surface area contributed by atoms with Crippen LogP contribution in [0.5, 0.6) is 0 Å². The number of unbranched alkanes of at least 4 members (excludes halogenated alkanes) is 1. The van der Waals surface area contributed by atoms with Gasteiger partial charge in [0.2, 0.25) is 5.91 Å². The van der Waals surface area contributed by atoms with Gasteiger partial charge in [0.25, 0.3) is 0 Å². The molecular weight excluding hydrogens is 334 g/mol. The zero-order chi connectivity index (χ0) is 19.3. The molecule has 8 heteroatoms. The van der Waals surface area contributed by atoms with Crippen LogP contribution in [-0.4, -0.2) is 64.0 Å². The summed E-state index contributed by atoms with van der Waals surface area (Å²) in [6.07, 6.45) is 2.55. The number of nitrogens with zero attached hydrogens (tertiary/aromatic N) is 4. The molecule has 8 nitrogen and oxygen atoms in total. The minimum atomic E-state index is -0.404. The fraction of sp³-hybridized carbons (Fsp3) is 0.667. The number of likely N-dealkylation sites (N-methyl/N-ethyl adjacent to an activating group) is 1. The lowest BCUT2D eigenvalue weighted by Crippen LogP contribution is -2.59. The van der Waals surface area contributed by atoms with Crippen molar-refractivity contribution in [2.75, 3.05) is 26.7 Å². The van der Waals surface area contributed by atoms with Gasteiger partial charge in [0.05, 0.1) is 0 Å². The third kappa shape index (κ3) is 4.62.